The van der Waals surface area contributed by atoms with Crippen LogP contribution in [0.15, 0.2) is 42.0 Å². The van der Waals surface area contributed by atoms with Crippen LogP contribution in [0.3, 0.4) is 0 Å². The van der Waals surface area contributed by atoms with Gasteiger partial charge in [-0.2, -0.15) is 0 Å². The van der Waals surface area contributed by atoms with Gasteiger partial charge in [-0.25, -0.2) is 0 Å². The van der Waals surface area contributed by atoms with E-state index in [4.69, 9.17) is 9.47 Å². The lowest BCUT2D eigenvalue weighted by atomic mass is 9.33. The molecule has 0 aliphatic heterocycles. The minimum Gasteiger partial charge on any atom is -0.462 e. The maximum Gasteiger partial charge on any atom is 0.313 e. The Morgan fingerprint density at radius 1 is 0.851 bits per heavy atom. The summed E-state index contributed by atoms with van der Waals surface area (Å²) in [5.41, 5.74) is 2.28. The fourth-order valence-electron chi connectivity index (χ4n) is 12.1. The van der Waals surface area contributed by atoms with E-state index < -0.39 is 5.41 Å². The van der Waals surface area contributed by atoms with Crippen LogP contribution in [-0.4, -0.2) is 30.6 Å². The molecular formula is C41H59NO5. The topological polar surface area (TPSA) is 81.7 Å². The van der Waals surface area contributed by atoms with Crippen molar-refractivity contribution in [1.29, 1.82) is 0 Å². The summed E-state index contributed by atoms with van der Waals surface area (Å²) in [7, 11) is 0. The number of amides is 1. The Morgan fingerprint density at radius 3 is 2.26 bits per heavy atom. The first-order valence-electron chi connectivity index (χ1n) is 18.3. The molecule has 0 unspecified atom stereocenters. The highest BCUT2D eigenvalue weighted by Crippen LogP contribution is 2.76. The number of fused-ring (bicyclic) bond motifs is 7. The molecule has 4 saturated carbocycles. The van der Waals surface area contributed by atoms with E-state index in [-0.39, 0.29) is 63.5 Å². The van der Waals surface area contributed by atoms with Gasteiger partial charge in [-0.1, -0.05) is 90.4 Å². The molecule has 6 heteroatoms. The third-order valence-corrected chi connectivity index (χ3v) is 15.0. The Hall–Kier alpha value is -2.63. The van der Waals surface area contributed by atoms with E-state index in [1.165, 1.54) is 5.57 Å². The Kier molecular flexibility index (Phi) is 8.57. The maximum atomic E-state index is 14.2. The molecule has 0 spiro atoms. The number of esters is 2. The molecule has 5 aliphatic rings. The highest BCUT2D eigenvalue weighted by atomic mass is 16.5. The number of hydrogen-bond donors (Lipinski definition) is 1. The van der Waals surface area contributed by atoms with Gasteiger partial charge in [-0.05, 0) is 109 Å². The Balaban J connectivity index is 1.26. The summed E-state index contributed by atoms with van der Waals surface area (Å²) in [5.74, 6) is 0.551. The fourth-order valence-corrected chi connectivity index (χ4v) is 12.1. The first-order chi connectivity index (χ1) is 22.0. The van der Waals surface area contributed by atoms with E-state index in [0.29, 0.717) is 18.4 Å². The van der Waals surface area contributed by atoms with Gasteiger partial charge in [-0.3, -0.25) is 14.4 Å². The second kappa shape index (κ2) is 11.8. The number of ether oxygens (including phenoxy) is 2. The smallest absolute Gasteiger partial charge is 0.313 e. The van der Waals surface area contributed by atoms with Gasteiger partial charge in [0.25, 0.3) is 5.91 Å². The van der Waals surface area contributed by atoms with Crippen molar-refractivity contribution < 1.29 is 23.9 Å². The highest BCUT2D eigenvalue weighted by molar-refractivity contribution is 5.83. The van der Waals surface area contributed by atoms with Crippen molar-refractivity contribution in [2.24, 2.45) is 50.2 Å². The summed E-state index contributed by atoms with van der Waals surface area (Å²) in [4.78, 5) is 39.0. The van der Waals surface area contributed by atoms with Crippen LogP contribution >= 0.6 is 0 Å². The zero-order valence-corrected chi connectivity index (χ0v) is 30.3. The average Bonchev–Trinajstić information content (AvgIpc) is 3.00. The first kappa shape index (κ1) is 34.2. The number of nitrogens with one attached hydrogen (secondary N) is 1. The maximum absolute atomic E-state index is 14.2. The minimum absolute atomic E-state index is 0.00427. The standard InChI is InChI=1S/C41H59NO5/c1-27(43)47-33-17-18-38(6)31(37(33,4)5)16-19-40(8)32(38)15-14-29-30-24-36(2,3)20-22-41(30,23-21-39(29,40)7)35(45)46-26-34(44)42-25-28-12-10-9-11-13-28/h9-14,30-33H,15-26H2,1-8H3,(H,42,44)/t30-,31-,32+,33-,38-,39+,40+,41-/m0/s1. The third-order valence-electron chi connectivity index (χ3n) is 15.0. The molecule has 0 bridgehead atoms. The Bertz CT molecular complexity index is 1430. The molecule has 6 rings (SSSR count). The Morgan fingerprint density at radius 2 is 1.55 bits per heavy atom. The number of benzene rings is 1. The summed E-state index contributed by atoms with van der Waals surface area (Å²) in [6.07, 6.45) is 12.4. The van der Waals surface area contributed by atoms with Crippen molar-refractivity contribution in [3.05, 3.63) is 47.5 Å². The predicted octanol–water partition coefficient (Wildman–Crippen LogP) is 8.58. The first-order valence-corrected chi connectivity index (χ1v) is 18.3. The lowest BCUT2D eigenvalue weighted by Gasteiger charge is -2.71. The predicted molar refractivity (Wildman–Crippen MR) is 184 cm³/mol. The number of allylic oxidation sites excluding steroid dienone is 2. The molecule has 1 amide bonds. The lowest BCUT2D eigenvalue weighted by molar-refractivity contribution is -0.213. The lowest BCUT2D eigenvalue weighted by Crippen LogP contribution is -2.65. The highest BCUT2D eigenvalue weighted by Gasteiger charge is 2.69. The second-order valence-corrected chi connectivity index (χ2v) is 18.2. The molecule has 0 aromatic heterocycles. The summed E-state index contributed by atoms with van der Waals surface area (Å²) < 4.78 is 11.9. The SMILES string of the molecule is CC(=O)O[C@H]1CC[C@]2(C)[C@H]3CC=C4[C@@H]5CC(C)(C)CC[C@]5(C(=O)OCC(=O)NCc5ccccc5)CC[C@@]4(C)[C@]3(C)CC[C@H]2C1(C)C. The molecule has 6 nitrogen and oxygen atoms in total. The largest absolute Gasteiger partial charge is 0.462 e. The molecule has 0 radical (unpaired) electrons. The number of carbonyl (C=O) groups excluding carboxylic acids is 3. The van der Waals surface area contributed by atoms with Crippen molar-refractivity contribution in [3.63, 3.8) is 0 Å². The van der Waals surface area contributed by atoms with Crippen LogP contribution in [0.4, 0.5) is 0 Å². The zero-order valence-electron chi connectivity index (χ0n) is 30.3. The van der Waals surface area contributed by atoms with E-state index in [9.17, 15) is 14.4 Å². The van der Waals surface area contributed by atoms with Crippen LogP contribution in [0.5, 0.6) is 0 Å². The van der Waals surface area contributed by atoms with Gasteiger partial charge in [-0.15, -0.1) is 0 Å². The molecule has 8 atom stereocenters. The summed E-state index contributed by atoms with van der Waals surface area (Å²) in [6, 6.07) is 9.81. The van der Waals surface area contributed by atoms with Crippen molar-refractivity contribution in [3.8, 4) is 0 Å². The van der Waals surface area contributed by atoms with E-state index in [2.05, 4.69) is 59.9 Å². The van der Waals surface area contributed by atoms with Gasteiger partial charge >= 0.3 is 11.9 Å². The summed E-state index contributed by atoms with van der Waals surface area (Å²) in [5, 5.41) is 2.92. The molecule has 4 fully saturated rings. The summed E-state index contributed by atoms with van der Waals surface area (Å²) >= 11 is 0. The molecule has 5 aliphatic carbocycles. The van der Waals surface area contributed by atoms with E-state index in [1.54, 1.807) is 6.92 Å². The van der Waals surface area contributed by atoms with Crippen LogP contribution in [0.25, 0.3) is 0 Å². The van der Waals surface area contributed by atoms with Gasteiger partial charge in [0.1, 0.15) is 6.10 Å². The Labute approximate surface area is 283 Å². The van der Waals surface area contributed by atoms with Crippen LogP contribution < -0.4 is 5.32 Å². The molecular weight excluding hydrogens is 586 g/mol. The quantitative estimate of drug-likeness (QED) is 0.248. The number of rotatable bonds is 6. The molecule has 1 aromatic carbocycles. The second-order valence-electron chi connectivity index (χ2n) is 18.2. The van der Waals surface area contributed by atoms with Crippen LogP contribution in [0, 0.1) is 50.2 Å². The molecule has 0 heterocycles. The van der Waals surface area contributed by atoms with Gasteiger partial charge in [0.15, 0.2) is 6.61 Å². The minimum atomic E-state index is -0.574. The third kappa shape index (κ3) is 5.48. The van der Waals surface area contributed by atoms with Crippen molar-refractivity contribution in [2.75, 3.05) is 6.61 Å². The fraction of sp³-hybridized carbons (Fsp3) is 0.732. The zero-order chi connectivity index (χ0) is 34.0. The average molecular weight is 646 g/mol. The van der Waals surface area contributed by atoms with Crippen LogP contribution in [0.2, 0.25) is 0 Å². The van der Waals surface area contributed by atoms with E-state index in [0.717, 1.165) is 69.8 Å². The van der Waals surface area contributed by atoms with Gasteiger partial charge < -0.3 is 14.8 Å². The van der Waals surface area contributed by atoms with Crippen molar-refractivity contribution >= 4 is 17.8 Å². The normalized spacial score (nSPS) is 39.9. The van der Waals surface area contributed by atoms with E-state index >= 15 is 0 Å². The van der Waals surface area contributed by atoms with Crippen molar-refractivity contribution in [1.82, 2.24) is 5.32 Å². The van der Waals surface area contributed by atoms with Gasteiger partial charge in [0, 0.05) is 18.9 Å². The van der Waals surface area contributed by atoms with Crippen LogP contribution in [-0.2, 0) is 30.4 Å². The van der Waals surface area contributed by atoms with Crippen LogP contribution in [0.1, 0.15) is 125 Å². The molecule has 258 valence electrons. The number of carbonyl (C=O) groups is 3. The molecule has 0 saturated heterocycles. The summed E-state index contributed by atoms with van der Waals surface area (Å²) in [6.45, 7) is 18.8. The molecule has 47 heavy (non-hydrogen) atoms. The monoisotopic (exact) mass is 645 g/mol. The molecule has 1 N–H and O–H groups in total. The van der Waals surface area contributed by atoms with E-state index in [1.807, 2.05) is 30.3 Å². The number of hydrogen-bond acceptors (Lipinski definition) is 5. The van der Waals surface area contributed by atoms with Gasteiger partial charge in [0.2, 0.25) is 0 Å². The van der Waals surface area contributed by atoms with Crippen molar-refractivity contribution in [2.45, 2.75) is 132 Å². The molecule has 1 aromatic rings. The van der Waals surface area contributed by atoms with Gasteiger partial charge in [0.05, 0.1) is 5.41 Å².